The van der Waals surface area contributed by atoms with Gasteiger partial charge in [-0.05, 0) is 165 Å². The Morgan fingerprint density at radius 3 is 1.74 bits per heavy atom. The molecule has 1 aromatic heterocycles. The first-order valence-electron chi connectivity index (χ1n) is 25.6. The molecule has 0 N–H and O–H groups in total. The molecular weight excluding hydrogens is 838 g/mol. The van der Waals surface area contributed by atoms with Crippen molar-refractivity contribution in [1.82, 2.24) is 0 Å². The first-order chi connectivity index (χ1) is 32.9. The third-order valence-electron chi connectivity index (χ3n) is 17.6. The van der Waals surface area contributed by atoms with Crippen molar-refractivity contribution in [3.63, 3.8) is 0 Å². The van der Waals surface area contributed by atoms with Crippen LogP contribution in [0.1, 0.15) is 134 Å². The van der Waals surface area contributed by atoms with Crippen molar-refractivity contribution in [3.8, 4) is 0 Å². The molecule has 0 saturated heterocycles. The van der Waals surface area contributed by atoms with Gasteiger partial charge in [-0.1, -0.05) is 148 Å². The van der Waals surface area contributed by atoms with Crippen LogP contribution in [0.15, 0.2) is 144 Å². The van der Waals surface area contributed by atoms with Crippen molar-refractivity contribution in [2.45, 2.75) is 129 Å². The molecule has 69 heavy (non-hydrogen) atoms. The summed E-state index contributed by atoms with van der Waals surface area (Å²) in [6.07, 6.45) is 4.58. The minimum Gasteiger partial charge on any atom is -0.468 e. The summed E-state index contributed by atoms with van der Waals surface area (Å²) in [5.74, 6) is 0. The molecule has 0 amide bonds. The summed E-state index contributed by atoms with van der Waals surface area (Å²) in [5, 5.41) is 1.13. The summed E-state index contributed by atoms with van der Waals surface area (Å²) >= 11 is 0. The van der Waals surface area contributed by atoms with Gasteiger partial charge in [-0.2, -0.15) is 0 Å². The van der Waals surface area contributed by atoms with Crippen molar-refractivity contribution in [2.24, 2.45) is 0 Å². The van der Waals surface area contributed by atoms with E-state index in [0.29, 0.717) is 0 Å². The van der Waals surface area contributed by atoms with E-state index in [4.69, 9.17) is 4.42 Å². The van der Waals surface area contributed by atoms with Gasteiger partial charge in [0.2, 0.25) is 0 Å². The maximum absolute atomic E-state index is 7.40. The van der Waals surface area contributed by atoms with E-state index in [1.807, 2.05) is 0 Å². The third kappa shape index (κ3) is 5.83. The number of hydrogen-bond acceptors (Lipinski definition) is 4. The van der Waals surface area contributed by atoms with Crippen LogP contribution in [0.4, 0.5) is 51.2 Å². The molecule has 8 aromatic rings. The largest absolute Gasteiger partial charge is 0.468 e. The molecule has 0 spiro atoms. The average molecular weight is 902 g/mol. The summed E-state index contributed by atoms with van der Waals surface area (Å²) in [4.78, 5) is 7.81. The Labute approximate surface area is 410 Å². The summed E-state index contributed by atoms with van der Waals surface area (Å²) in [6.45, 7) is 26.7. The number of rotatable bonds is 4. The molecule has 7 aromatic carbocycles. The third-order valence-corrected chi connectivity index (χ3v) is 17.6. The lowest BCUT2D eigenvalue weighted by Gasteiger charge is -2.56. The first-order valence-corrected chi connectivity index (χ1v) is 25.6. The molecule has 1 unspecified atom stereocenters. The molecule has 5 aliphatic rings. The van der Waals surface area contributed by atoms with Crippen LogP contribution in [0.2, 0.25) is 0 Å². The summed E-state index contributed by atoms with van der Waals surface area (Å²) in [5.41, 5.74) is 25.5. The second kappa shape index (κ2) is 14.1. The minimum atomic E-state index is -0.195. The first kappa shape index (κ1) is 42.6. The standard InChI is InChI=1S/C64H64BN3O/c1-39-36-40(60(2,3)4)26-30-48(39)67-50-37-43(66(41-20-14-12-15-21-41)42-22-16-13-17-23-42)38-51-56(50)65(59-57(67)44-24-18-19-25-52(44)69-59)47-29-27-46-54-58(47)68(51)49-31-28-45-53(63(9,10)33-32-61(45,5)6)55(49)64(54,11)35-34-62(46,7)8/h12-31,36-38H,32-35H2,1-11H3. The fraction of sp³-hybridized carbons (Fsp3) is 0.312. The smallest absolute Gasteiger partial charge is 0.297 e. The van der Waals surface area contributed by atoms with Gasteiger partial charge >= 0.3 is 0 Å². The van der Waals surface area contributed by atoms with Crippen molar-refractivity contribution in [1.29, 1.82) is 0 Å². The topological polar surface area (TPSA) is 22.9 Å². The molecule has 0 bridgehead atoms. The zero-order valence-corrected chi connectivity index (χ0v) is 42.4. The van der Waals surface area contributed by atoms with Crippen molar-refractivity contribution in [2.75, 3.05) is 14.7 Å². The van der Waals surface area contributed by atoms with Gasteiger partial charge in [-0.25, -0.2) is 0 Å². The van der Waals surface area contributed by atoms with Crippen LogP contribution in [0, 0.1) is 6.92 Å². The zero-order chi connectivity index (χ0) is 47.7. The molecule has 0 fully saturated rings. The molecular formula is C64H64BN3O. The zero-order valence-electron chi connectivity index (χ0n) is 42.4. The highest BCUT2D eigenvalue weighted by atomic mass is 16.3. The maximum Gasteiger partial charge on any atom is 0.297 e. The van der Waals surface area contributed by atoms with Gasteiger partial charge in [-0.3, -0.25) is 0 Å². The lowest BCUT2D eigenvalue weighted by molar-refractivity contribution is 0.311. The average Bonchev–Trinajstić information content (AvgIpc) is 3.71. The number of para-hydroxylation sites is 3. The Bertz CT molecular complexity index is 3420. The summed E-state index contributed by atoms with van der Waals surface area (Å²) in [7, 11) is 0. The molecule has 13 rings (SSSR count). The Balaban J connectivity index is 1.22. The SMILES string of the molecule is Cc1cc(C(C)(C)C)ccc1N1c2cc(N(c3ccccc3)c3ccccc3)cc3c2B(c2ccc4c5c2N3c2ccc3c(c2C5(C)CCC4(C)C)C(C)(C)CCC3(C)C)c2oc3ccccc3c21. The maximum atomic E-state index is 7.40. The number of fused-ring (bicyclic) bond motifs is 11. The van der Waals surface area contributed by atoms with Gasteiger partial charge < -0.3 is 19.1 Å². The number of nitrogens with zero attached hydrogens (tertiary/aromatic N) is 3. The number of anilines is 9. The van der Waals surface area contributed by atoms with Crippen LogP contribution < -0.4 is 31.3 Å². The Morgan fingerprint density at radius 1 is 0.522 bits per heavy atom. The van der Waals surface area contributed by atoms with Crippen LogP contribution in [0.25, 0.3) is 11.0 Å². The van der Waals surface area contributed by atoms with Crippen LogP contribution in [0.5, 0.6) is 0 Å². The molecule has 2 aliphatic carbocycles. The van der Waals surface area contributed by atoms with Gasteiger partial charge in [0.25, 0.3) is 6.71 Å². The van der Waals surface area contributed by atoms with Gasteiger partial charge in [0, 0.05) is 44.9 Å². The molecule has 0 saturated carbocycles. The highest BCUT2D eigenvalue weighted by molar-refractivity contribution is 7.00. The van der Waals surface area contributed by atoms with Gasteiger partial charge in [0.05, 0.1) is 22.7 Å². The second-order valence-electron chi connectivity index (χ2n) is 24.4. The minimum absolute atomic E-state index is 0.00523. The van der Waals surface area contributed by atoms with E-state index >= 15 is 0 Å². The molecule has 3 aliphatic heterocycles. The normalized spacial score (nSPS) is 19.6. The summed E-state index contributed by atoms with van der Waals surface area (Å²) in [6, 6.07) is 52.9. The van der Waals surface area contributed by atoms with Crippen LogP contribution in [0.3, 0.4) is 0 Å². The van der Waals surface area contributed by atoms with Crippen molar-refractivity contribution < 1.29 is 4.42 Å². The van der Waals surface area contributed by atoms with Crippen LogP contribution in [-0.4, -0.2) is 6.71 Å². The van der Waals surface area contributed by atoms with E-state index in [1.54, 1.807) is 11.1 Å². The van der Waals surface area contributed by atoms with Crippen LogP contribution >= 0.6 is 0 Å². The predicted octanol–water partition coefficient (Wildman–Crippen LogP) is 15.6. The number of furan rings is 1. The van der Waals surface area contributed by atoms with E-state index in [9.17, 15) is 0 Å². The number of hydrogen-bond donors (Lipinski definition) is 0. The quantitative estimate of drug-likeness (QED) is 0.164. The Hall–Kier alpha value is -6.46. The lowest BCUT2D eigenvalue weighted by Crippen LogP contribution is -2.62. The Morgan fingerprint density at radius 2 is 1.09 bits per heavy atom. The van der Waals surface area contributed by atoms with E-state index in [0.717, 1.165) is 58.6 Å². The Kier molecular flexibility index (Phi) is 8.70. The van der Waals surface area contributed by atoms with Crippen molar-refractivity contribution in [3.05, 3.63) is 178 Å². The second-order valence-corrected chi connectivity index (χ2v) is 24.4. The predicted molar refractivity (Wildman–Crippen MR) is 292 cm³/mol. The lowest BCUT2D eigenvalue weighted by atomic mass is 9.34. The van der Waals surface area contributed by atoms with Gasteiger partial charge in [0.15, 0.2) is 0 Å². The summed E-state index contributed by atoms with van der Waals surface area (Å²) < 4.78 is 7.40. The monoisotopic (exact) mass is 902 g/mol. The molecule has 4 nitrogen and oxygen atoms in total. The molecule has 344 valence electrons. The van der Waals surface area contributed by atoms with E-state index in [1.165, 1.54) is 73.6 Å². The highest BCUT2D eigenvalue weighted by Gasteiger charge is 2.56. The van der Waals surface area contributed by atoms with Gasteiger partial charge in [-0.15, -0.1) is 0 Å². The van der Waals surface area contributed by atoms with Crippen LogP contribution in [-0.2, 0) is 27.1 Å². The van der Waals surface area contributed by atoms with E-state index < -0.39 is 0 Å². The highest BCUT2D eigenvalue weighted by Crippen LogP contribution is 2.64. The number of benzene rings is 7. The number of aryl methyl sites for hydroxylation is 1. The fourth-order valence-corrected chi connectivity index (χ4v) is 13.8. The molecule has 1 atom stereocenters. The van der Waals surface area contributed by atoms with Crippen molar-refractivity contribution >= 4 is 85.5 Å². The molecule has 5 heteroatoms. The molecule has 0 radical (unpaired) electrons. The van der Waals surface area contributed by atoms with Gasteiger partial charge in [0.1, 0.15) is 5.58 Å². The molecule has 4 heterocycles. The fourth-order valence-electron chi connectivity index (χ4n) is 13.8. The van der Waals surface area contributed by atoms with E-state index in [2.05, 4.69) is 230 Å². The van der Waals surface area contributed by atoms with E-state index in [-0.39, 0.29) is 33.8 Å².